The van der Waals surface area contributed by atoms with Crippen molar-refractivity contribution in [3.05, 3.63) is 6.92 Å². The van der Waals surface area contributed by atoms with Crippen LogP contribution in [0.4, 0.5) is 0 Å². The Labute approximate surface area is 115 Å². The molecule has 3 nitrogen and oxygen atoms in total. The van der Waals surface area contributed by atoms with Crippen LogP contribution in [0.3, 0.4) is 0 Å². The van der Waals surface area contributed by atoms with Crippen molar-refractivity contribution in [2.75, 3.05) is 19.8 Å². The molecular weight excluding hydrogens is 271 g/mol. The van der Waals surface area contributed by atoms with Gasteiger partial charge in [0.2, 0.25) is 0 Å². The minimum atomic E-state index is 0. The van der Waals surface area contributed by atoms with Gasteiger partial charge in [0.25, 0.3) is 0 Å². The van der Waals surface area contributed by atoms with Crippen LogP contribution >= 0.6 is 0 Å². The zero-order valence-electron chi connectivity index (χ0n) is 10.8. The summed E-state index contributed by atoms with van der Waals surface area (Å²) in [5, 5.41) is 22.7. The van der Waals surface area contributed by atoms with E-state index in [4.69, 9.17) is 15.3 Å². The second-order valence-corrected chi connectivity index (χ2v) is 2.16. The van der Waals surface area contributed by atoms with Crippen molar-refractivity contribution in [3.63, 3.8) is 0 Å². The standard InChI is InChI=1S/C5H11.3C2H6O.Zr/c1-3-5-4-2;3*1-2-3;/h1,3-5H2,2H3;3*3H,2H2,1H3;/q-1;;;;. The number of aliphatic hydroxyl groups excluding tert-OH is 3. The van der Waals surface area contributed by atoms with Crippen molar-refractivity contribution < 1.29 is 41.5 Å². The maximum atomic E-state index is 7.57. The molecule has 0 heterocycles. The molecule has 0 aromatic carbocycles. The van der Waals surface area contributed by atoms with E-state index >= 15 is 0 Å². The van der Waals surface area contributed by atoms with Gasteiger partial charge in [0, 0.05) is 46.0 Å². The van der Waals surface area contributed by atoms with E-state index in [1.165, 1.54) is 12.8 Å². The number of hydrogen-bond acceptors (Lipinski definition) is 3. The minimum Gasteiger partial charge on any atom is -0.397 e. The van der Waals surface area contributed by atoms with Gasteiger partial charge in [-0.1, -0.05) is 19.8 Å². The van der Waals surface area contributed by atoms with Crippen LogP contribution in [0, 0.1) is 6.92 Å². The summed E-state index contributed by atoms with van der Waals surface area (Å²) in [4.78, 5) is 0. The van der Waals surface area contributed by atoms with Crippen LogP contribution in [0.5, 0.6) is 0 Å². The molecule has 0 unspecified atom stereocenters. The Morgan fingerprint density at radius 2 is 1.00 bits per heavy atom. The molecule has 0 saturated heterocycles. The first-order chi connectivity index (χ1) is 6.66. The third kappa shape index (κ3) is 315. The molecule has 3 N–H and O–H groups in total. The SMILES string of the molecule is CCO.CCO.CCO.[CH2-]CCCC.[Zr]. The molecule has 0 aliphatic heterocycles. The largest absolute Gasteiger partial charge is 0.397 e. The van der Waals surface area contributed by atoms with Gasteiger partial charge in [-0.05, 0) is 20.8 Å². The first-order valence-electron chi connectivity index (χ1n) is 5.28. The van der Waals surface area contributed by atoms with Gasteiger partial charge in [-0.2, -0.15) is 6.42 Å². The molecule has 4 heteroatoms. The number of rotatable bonds is 2. The topological polar surface area (TPSA) is 60.7 Å². The molecule has 0 spiro atoms. The monoisotopic (exact) mass is 299 g/mol. The van der Waals surface area contributed by atoms with Crippen molar-refractivity contribution in [2.24, 2.45) is 0 Å². The van der Waals surface area contributed by atoms with E-state index in [-0.39, 0.29) is 46.0 Å². The summed E-state index contributed by atoms with van der Waals surface area (Å²) >= 11 is 0. The Morgan fingerprint density at radius 3 is 1.00 bits per heavy atom. The van der Waals surface area contributed by atoms with Crippen molar-refractivity contribution in [1.82, 2.24) is 0 Å². The summed E-state index contributed by atoms with van der Waals surface area (Å²) in [5.41, 5.74) is 0. The van der Waals surface area contributed by atoms with E-state index in [2.05, 4.69) is 13.8 Å². The molecule has 0 atom stereocenters. The Balaban J connectivity index is -0.0000000300. The normalized spacial score (nSPS) is 6.40. The van der Waals surface area contributed by atoms with Crippen molar-refractivity contribution in [2.45, 2.75) is 47.0 Å². The Hall–Kier alpha value is 0.763. The van der Waals surface area contributed by atoms with Gasteiger partial charge in [0.15, 0.2) is 0 Å². The van der Waals surface area contributed by atoms with E-state index in [0.717, 1.165) is 6.42 Å². The summed E-state index contributed by atoms with van der Waals surface area (Å²) in [5.74, 6) is 0. The van der Waals surface area contributed by atoms with Crippen molar-refractivity contribution in [1.29, 1.82) is 0 Å². The van der Waals surface area contributed by atoms with Crippen molar-refractivity contribution >= 4 is 0 Å². The minimum absolute atomic E-state index is 0. The van der Waals surface area contributed by atoms with Gasteiger partial charge in [-0.25, -0.2) is 0 Å². The average Bonchev–Trinajstić information content (AvgIpc) is 2.09. The van der Waals surface area contributed by atoms with Gasteiger partial charge in [0.05, 0.1) is 0 Å². The summed E-state index contributed by atoms with van der Waals surface area (Å²) in [6.45, 7) is 11.6. The van der Waals surface area contributed by atoms with E-state index < -0.39 is 0 Å². The van der Waals surface area contributed by atoms with Gasteiger partial charge < -0.3 is 22.2 Å². The van der Waals surface area contributed by atoms with E-state index in [0.29, 0.717) is 0 Å². The molecule has 0 rings (SSSR count). The fourth-order valence-corrected chi connectivity index (χ4v) is 0.250. The molecular formula is C11H29O3Zr-. The first-order valence-corrected chi connectivity index (χ1v) is 5.28. The third-order valence-electron chi connectivity index (χ3n) is 0.604. The molecule has 0 aliphatic carbocycles. The molecule has 0 radical (unpaired) electrons. The number of hydrogen-bond donors (Lipinski definition) is 3. The molecule has 0 saturated carbocycles. The summed E-state index contributed by atoms with van der Waals surface area (Å²) < 4.78 is 0. The van der Waals surface area contributed by atoms with Crippen molar-refractivity contribution in [3.8, 4) is 0 Å². The quantitative estimate of drug-likeness (QED) is 0.684. The summed E-state index contributed by atoms with van der Waals surface area (Å²) in [6, 6.07) is 0. The fourth-order valence-electron chi connectivity index (χ4n) is 0.250. The van der Waals surface area contributed by atoms with E-state index in [1.807, 2.05) is 0 Å². The van der Waals surface area contributed by atoms with Crippen LogP contribution in [-0.2, 0) is 26.2 Å². The maximum absolute atomic E-state index is 7.57. The number of aliphatic hydroxyl groups is 3. The summed E-state index contributed by atoms with van der Waals surface area (Å²) in [6.07, 6.45) is 3.65. The second kappa shape index (κ2) is 61.1. The molecule has 0 fully saturated rings. The van der Waals surface area contributed by atoms with Crippen LogP contribution in [0.1, 0.15) is 47.0 Å². The molecule has 15 heavy (non-hydrogen) atoms. The Bertz CT molecular complexity index is 40.1. The van der Waals surface area contributed by atoms with Crippen LogP contribution in [0.2, 0.25) is 0 Å². The Morgan fingerprint density at radius 1 is 0.800 bits per heavy atom. The van der Waals surface area contributed by atoms with Crippen LogP contribution in [-0.4, -0.2) is 35.1 Å². The smallest absolute Gasteiger partial charge is 0.0402 e. The predicted molar refractivity (Wildman–Crippen MR) is 63.2 cm³/mol. The molecule has 0 aromatic rings. The van der Waals surface area contributed by atoms with Gasteiger partial charge >= 0.3 is 0 Å². The van der Waals surface area contributed by atoms with Gasteiger partial charge in [-0.3, -0.25) is 0 Å². The molecule has 0 aromatic heterocycles. The average molecular weight is 301 g/mol. The molecule has 0 bridgehead atoms. The molecule has 0 amide bonds. The first kappa shape index (κ1) is 29.7. The maximum Gasteiger partial charge on any atom is 0.0402 e. The molecule has 0 aliphatic rings. The molecule has 96 valence electrons. The van der Waals surface area contributed by atoms with Crippen LogP contribution < -0.4 is 0 Å². The van der Waals surface area contributed by atoms with Crippen LogP contribution in [0.15, 0.2) is 0 Å². The predicted octanol–water partition coefficient (Wildman–Crippen LogP) is 2.00. The second-order valence-electron chi connectivity index (χ2n) is 2.16. The summed E-state index contributed by atoms with van der Waals surface area (Å²) in [7, 11) is 0. The van der Waals surface area contributed by atoms with E-state index in [9.17, 15) is 0 Å². The van der Waals surface area contributed by atoms with Gasteiger partial charge in [0.1, 0.15) is 0 Å². The van der Waals surface area contributed by atoms with E-state index in [1.54, 1.807) is 20.8 Å². The fraction of sp³-hybridized carbons (Fsp3) is 0.909. The zero-order chi connectivity index (χ0) is 12.2. The Kier molecular flexibility index (Phi) is 121. The van der Waals surface area contributed by atoms with Gasteiger partial charge in [-0.15, -0.1) is 0 Å². The van der Waals surface area contributed by atoms with Crippen LogP contribution in [0.25, 0.3) is 0 Å². The third-order valence-corrected chi connectivity index (χ3v) is 0.604. The number of unbranched alkanes of at least 4 members (excludes halogenated alkanes) is 2. The zero-order valence-corrected chi connectivity index (χ0v) is 13.2.